The zero-order valence-electron chi connectivity index (χ0n) is 10.9. The standard InChI is InChI=1S/2C6H7.2CH3.H2Si.Zr/c2*1-6-4-2-3-5-6;;;;/h2*4-5H,2H2,1H3;2*1H3;1H2;. The third kappa shape index (κ3) is 2.07. The molecule has 0 aromatic rings. The third-order valence-electron chi connectivity index (χ3n) is 4.15. The normalized spacial score (nSPS) is 21.6. The average Bonchev–Trinajstić information content (AvgIpc) is 2.73. The summed E-state index contributed by atoms with van der Waals surface area (Å²) in [6, 6.07) is 0. The van der Waals surface area contributed by atoms with Gasteiger partial charge in [0.2, 0.25) is 0 Å². The Balaban J connectivity index is 2.42. The van der Waals surface area contributed by atoms with E-state index in [1.807, 2.05) is 0 Å². The molecule has 2 aliphatic carbocycles. The molecule has 0 N–H and O–H groups in total. The summed E-state index contributed by atoms with van der Waals surface area (Å²) >= 11 is -2.71. The van der Waals surface area contributed by atoms with Gasteiger partial charge in [-0.2, -0.15) is 0 Å². The Morgan fingerprint density at radius 3 is 1.56 bits per heavy atom. The van der Waals surface area contributed by atoms with E-state index >= 15 is 0 Å². The Bertz CT molecular complexity index is 479. The summed E-state index contributed by atoms with van der Waals surface area (Å²) in [7, 11) is 0. The minimum atomic E-state index is -2.71. The molecule has 0 atom stereocenters. The third-order valence-corrected chi connectivity index (χ3v) is 21.4. The van der Waals surface area contributed by atoms with Crippen LogP contribution in [0.1, 0.15) is 26.7 Å². The maximum atomic E-state index is 2.59. The van der Waals surface area contributed by atoms with E-state index in [2.05, 4.69) is 54.3 Å². The van der Waals surface area contributed by atoms with Crippen LogP contribution in [-0.2, 0) is 17.4 Å². The van der Waals surface area contributed by atoms with Gasteiger partial charge in [-0.1, -0.05) is 0 Å². The van der Waals surface area contributed by atoms with Gasteiger partial charge < -0.3 is 0 Å². The van der Waals surface area contributed by atoms with Crippen molar-refractivity contribution in [3.8, 4) is 0 Å². The van der Waals surface area contributed by atoms with Crippen molar-refractivity contribution in [2.45, 2.75) is 36.0 Å². The number of hydrogen-bond donors (Lipinski definition) is 0. The zero-order valence-corrected chi connectivity index (χ0v) is 14.8. The molecule has 0 spiro atoms. The van der Waals surface area contributed by atoms with E-state index < -0.39 is 17.4 Å². The van der Waals surface area contributed by atoms with Crippen LogP contribution in [0, 0.1) is 0 Å². The summed E-state index contributed by atoms with van der Waals surface area (Å²) in [6.07, 6.45) is 12.1. The van der Waals surface area contributed by atoms with Crippen LogP contribution >= 0.6 is 0 Å². The van der Waals surface area contributed by atoms with Gasteiger partial charge in [0, 0.05) is 0 Å². The first kappa shape index (κ1) is 12.5. The predicted molar refractivity (Wildman–Crippen MR) is 73.2 cm³/mol. The van der Waals surface area contributed by atoms with Gasteiger partial charge in [0.1, 0.15) is 0 Å². The summed E-state index contributed by atoms with van der Waals surface area (Å²) in [5, 5.41) is 0. The zero-order chi connectivity index (χ0) is 12.0. The summed E-state index contributed by atoms with van der Waals surface area (Å²) in [5.41, 5.74) is 2.93. The molecule has 0 aromatic heterocycles. The fraction of sp³-hybridized carbons (Fsp3) is 0.429. The second-order valence-electron chi connectivity index (χ2n) is 6.33. The summed E-state index contributed by atoms with van der Waals surface area (Å²) in [4.78, 5) is 0. The molecule has 2 heteroatoms. The Hall–Kier alpha value is 0.0600. The molecule has 0 saturated heterocycles. The first-order chi connectivity index (χ1) is 7.28. The monoisotopic (exact) mass is 308 g/mol. The molecule has 86 valence electrons. The van der Waals surface area contributed by atoms with Crippen molar-refractivity contribution < 1.29 is 17.4 Å². The number of rotatable bonds is 2. The van der Waals surface area contributed by atoms with E-state index in [-0.39, 0.29) is 0 Å². The van der Waals surface area contributed by atoms with Crippen molar-refractivity contribution in [3.05, 3.63) is 42.0 Å². The van der Waals surface area contributed by atoms with Crippen molar-refractivity contribution in [3.63, 3.8) is 0 Å². The predicted octanol–water partition coefficient (Wildman–Crippen LogP) is 3.79. The Labute approximate surface area is 102 Å². The summed E-state index contributed by atoms with van der Waals surface area (Å²) in [5.74, 6) is 0. The van der Waals surface area contributed by atoms with E-state index in [9.17, 15) is 0 Å². The molecule has 0 aromatic carbocycles. The van der Waals surface area contributed by atoms with Gasteiger partial charge in [-0.25, -0.2) is 0 Å². The van der Waals surface area contributed by atoms with Crippen LogP contribution < -0.4 is 0 Å². The Kier molecular flexibility index (Phi) is 2.96. The molecular formula is C14H22SiZr. The maximum absolute atomic E-state index is 2.71. The molecule has 0 amide bonds. The van der Waals surface area contributed by atoms with Crippen molar-refractivity contribution in [1.29, 1.82) is 0 Å². The van der Waals surface area contributed by atoms with Crippen LogP contribution in [0.25, 0.3) is 0 Å². The van der Waals surface area contributed by atoms with Crippen molar-refractivity contribution in [1.82, 2.24) is 0 Å². The molecule has 0 nitrogen and oxygen atoms in total. The minimum absolute atomic E-state index is 1.21. The van der Waals surface area contributed by atoms with Gasteiger partial charge in [-0.3, -0.25) is 0 Å². The van der Waals surface area contributed by atoms with E-state index in [1.165, 1.54) is 24.0 Å². The van der Waals surface area contributed by atoms with Gasteiger partial charge in [0.15, 0.2) is 0 Å². The number of allylic oxidation sites excluding steroid dienone is 8. The van der Waals surface area contributed by atoms with Gasteiger partial charge in [0.05, 0.1) is 0 Å². The van der Waals surface area contributed by atoms with Gasteiger partial charge >= 0.3 is 102 Å². The van der Waals surface area contributed by atoms with Gasteiger partial charge in [-0.15, -0.1) is 0 Å². The van der Waals surface area contributed by atoms with Crippen LogP contribution in [0.4, 0.5) is 0 Å². The topological polar surface area (TPSA) is 0 Å². The molecule has 0 bridgehead atoms. The molecule has 0 saturated carbocycles. The van der Waals surface area contributed by atoms with E-state index in [4.69, 9.17) is 0 Å². The first-order valence-electron chi connectivity index (χ1n) is 6.11. The molecule has 16 heavy (non-hydrogen) atoms. The second-order valence-corrected chi connectivity index (χ2v) is 35.2. The Morgan fingerprint density at radius 1 is 0.938 bits per heavy atom. The molecule has 0 radical (unpaired) electrons. The number of hydrogen-bond acceptors (Lipinski definition) is 0. The van der Waals surface area contributed by atoms with Crippen molar-refractivity contribution in [2.75, 3.05) is 0 Å². The van der Waals surface area contributed by atoms with E-state index in [0.29, 0.717) is 0 Å². The molecule has 0 unspecified atom stereocenters. The molecule has 2 rings (SSSR count). The SMILES string of the molecule is CC1=CC[C]([Zr]([CH3])([CH3])(=[SiH2])[C]2=CC(C)=CC2)=C1. The van der Waals surface area contributed by atoms with E-state index in [1.54, 1.807) is 6.56 Å². The molecule has 0 aliphatic heterocycles. The fourth-order valence-electron chi connectivity index (χ4n) is 2.65. The molecule has 2 aliphatic rings. The Morgan fingerprint density at radius 2 is 1.31 bits per heavy atom. The van der Waals surface area contributed by atoms with Crippen molar-refractivity contribution >= 4 is 6.88 Å². The average molecular weight is 310 g/mol. The second kappa shape index (κ2) is 3.78. The quantitative estimate of drug-likeness (QED) is 0.681. The van der Waals surface area contributed by atoms with Crippen LogP contribution in [-0.4, -0.2) is 6.88 Å². The van der Waals surface area contributed by atoms with Crippen molar-refractivity contribution in [2.24, 2.45) is 0 Å². The summed E-state index contributed by atoms with van der Waals surface area (Å²) < 4.78 is 8.73. The first-order valence-corrected chi connectivity index (χ1v) is 19.4. The van der Waals surface area contributed by atoms with Crippen LogP contribution in [0.3, 0.4) is 0 Å². The van der Waals surface area contributed by atoms with E-state index in [0.717, 1.165) is 0 Å². The van der Waals surface area contributed by atoms with Gasteiger partial charge in [0.25, 0.3) is 0 Å². The molecular weight excluding hydrogens is 287 g/mol. The van der Waals surface area contributed by atoms with Crippen LogP contribution in [0.2, 0.25) is 9.26 Å². The molecule has 0 heterocycles. The molecule has 0 fully saturated rings. The van der Waals surface area contributed by atoms with Gasteiger partial charge in [-0.05, 0) is 0 Å². The van der Waals surface area contributed by atoms with Crippen LogP contribution in [0.5, 0.6) is 0 Å². The fourth-order valence-corrected chi connectivity index (χ4v) is 13.7. The van der Waals surface area contributed by atoms with Crippen LogP contribution in [0.15, 0.2) is 42.0 Å². The summed E-state index contributed by atoms with van der Waals surface area (Å²) in [6.45, 7) is 6.80.